The molecule has 2 aliphatic heterocycles. The molecule has 1 amide bonds. The van der Waals surface area contributed by atoms with Crippen molar-refractivity contribution in [3.8, 4) is 0 Å². The predicted octanol–water partition coefficient (Wildman–Crippen LogP) is 2.16. The topological polar surface area (TPSA) is 38.3 Å². The van der Waals surface area contributed by atoms with E-state index in [0.717, 1.165) is 37.5 Å². The van der Waals surface area contributed by atoms with Crippen LogP contribution in [-0.2, 0) is 21.4 Å². The third-order valence-corrected chi connectivity index (χ3v) is 4.18. The zero-order valence-electron chi connectivity index (χ0n) is 10.2. The number of nitrogens with one attached hydrogen (secondary N) is 1. The summed E-state index contributed by atoms with van der Waals surface area (Å²) in [5.74, 6) is 0.990. The highest BCUT2D eigenvalue weighted by molar-refractivity contribution is 7.80. The van der Waals surface area contributed by atoms with Gasteiger partial charge in [0.1, 0.15) is 0 Å². The number of carbonyl (C=O) groups is 1. The summed E-state index contributed by atoms with van der Waals surface area (Å²) in [6.45, 7) is 1.58. The molecule has 2 heterocycles. The van der Waals surface area contributed by atoms with Gasteiger partial charge in [0.05, 0.1) is 13.2 Å². The van der Waals surface area contributed by atoms with Gasteiger partial charge in [0, 0.05) is 17.5 Å². The molecular weight excluding hydrogens is 246 g/mol. The van der Waals surface area contributed by atoms with Gasteiger partial charge in [-0.3, -0.25) is 4.79 Å². The van der Waals surface area contributed by atoms with Crippen LogP contribution in [0.3, 0.4) is 0 Å². The molecule has 1 aromatic carbocycles. The Labute approximate surface area is 112 Å². The maximum atomic E-state index is 11.3. The van der Waals surface area contributed by atoms with Gasteiger partial charge in [-0.15, -0.1) is 0 Å². The molecule has 0 aliphatic carbocycles. The molecule has 2 aliphatic rings. The molecule has 1 saturated heterocycles. The monoisotopic (exact) mass is 263 g/mol. The molecule has 1 aromatic rings. The molecule has 0 unspecified atom stereocenters. The van der Waals surface area contributed by atoms with Crippen molar-refractivity contribution in [1.82, 2.24) is 0 Å². The molecular formula is C14H17NO2S. The predicted molar refractivity (Wildman–Crippen MR) is 74.4 cm³/mol. The molecule has 4 heteroatoms. The summed E-state index contributed by atoms with van der Waals surface area (Å²) in [7, 11) is 0. The smallest absolute Gasteiger partial charge is 0.224 e. The van der Waals surface area contributed by atoms with Crippen LogP contribution in [-0.4, -0.2) is 24.9 Å². The van der Waals surface area contributed by atoms with Crippen molar-refractivity contribution in [3.05, 3.63) is 29.3 Å². The van der Waals surface area contributed by atoms with Crippen LogP contribution in [0.5, 0.6) is 0 Å². The van der Waals surface area contributed by atoms with Crippen LogP contribution in [0.25, 0.3) is 0 Å². The van der Waals surface area contributed by atoms with E-state index in [1.165, 1.54) is 11.1 Å². The zero-order chi connectivity index (χ0) is 12.6. The van der Waals surface area contributed by atoms with Crippen LogP contribution in [0.4, 0.5) is 5.69 Å². The van der Waals surface area contributed by atoms with E-state index in [4.69, 9.17) is 4.74 Å². The summed E-state index contributed by atoms with van der Waals surface area (Å²) >= 11 is 4.35. The number of thiol groups is 1. The summed E-state index contributed by atoms with van der Waals surface area (Å²) in [4.78, 5) is 11.3. The van der Waals surface area contributed by atoms with Crippen molar-refractivity contribution in [2.45, 2.75) is 24.7 Å². The number of hydrogen-bond donors (Lipinski definition) is 2. The normalized spacial score (nSPS) is 20.8. The van der Waals surface area contributed by atoms with Gasteiger partial charge in [-0.1, -0.05) is 12.1 Å². The minimum absolute atomic E-state index is 0.118. The molecule has 0 atom stereocenters. The summed E-state index contributed by atoms with van der Waals surface area (Å²) in [5.41, 5.74) is 3.70. The van der Waals surface area contributed by atoms with E-state index < -0.39 is 0 Å². The van der Waals surface area contributed by atoms with Crippen molar-refractivity contribution in [2.24, 2.45) is 0 Å². The van der Waals surface area contributed by atoms with Crippen LogP contribution >= 0.6 is 12.6 Å². The first-order chi connectivity index (χ1) is 8.73. The molecule has 96 valence electrons. The fourth-order valence-electron chi connectivity index (χ4n) is 2.73. The maximum Gasteiger partial charge on any atom is 0.224 e. The molecule has 1 fully saturated rings. The molecule has 0 saturated carbocycles. The lowest BCUT2D eigenvalue weighted by Crippen LogP contribution is -2.47. The lowest BCUT2D eigenvalue weighted by Gasteiger charge is -2.42. The Morgan fingerprint density at radius 1 is 1.33 bits per heavy atom. The van der Waals surface area contributed by atoms with Gasteiger partial charge in [-0.2, -0.15) is 12.6 Å². The summed E-state index contributed by atoms with van der Waals surface area (Å²) in [6, 6.07) is 6.39. The fraction of sp³-hybridized carbons (Fsp3) is 0.500. The van der Waals surface area contributed by atoms with Crippen molar-refractivity contribution in [1.29, 1.82) is 0 Å². The number of amides is 1. The lowest BCUT2D eigenvalue weighted by molar-refractivity contribution is -0.116. The molecule has 0 spiro atoms. The van der Waals surface area contributed by atoms with E-state index in [1.54, 1.807) is 0 Å². The highest BCUT2D eigenvalue weighted by Gasteiger charge is 2.39. The largest absolute Gasteiger partial charge is 0.379 e. The number of fused-ring (bicyclic) bond motifs is 1. The van der Waals surface area contributed by atoms with E-state index in [0.29, 0.717) is 6.42 Å². The quantitative estimate of drug-likeness (QED) is 0.820. The van der Waals surface area contributed by atoms with Crippen molar-refractivity contribution in [3.63, 3.8) is 0 Å². The number of anilines is 1. The Morgan fingerprint density at radius 3 is 2.83 bits per heavy atom. The molecule has 0 radical (unpaired) electrons. The Bertz CT molecular complexity index is 483. The van der Waals surface area contributed by atoms with Crippen LogP contribution in [0.1, 0.15) is 24.0 Å². The molecule has 0 bridgehead atoms. The maximum absolute atomic E-state index is 11.3. The van der Waals surface area contributed by atoms with E-state index in [9.17, 15) is 4.79 Å². The van der Waals surface area contributed by atoms with Gasteiger partial charge in [0.2, 0.25) is 5.91 Å². The van der Waals surface area contributed by atoms with E-state index in [2.05, 4.69) is 30.1 Å². The van der Waals surface area contributed by atoms with Gasteiger partial charge < -0.3 is 10.1 Å². The van der Waals surface area contributed by atoms with Crippen LogP contribution in [0.2, 0.25) is 0 Å². The number of rotatable bonds is 3. The summed E-state index contributed by atoms with van der Waals surface area (Å²) in [5, 5.41) is 2.92. The van der Waals surface area contributed by atoms with Gasteiger partial charge >= 0.3 is 0 Å². The Kier molecular flexibility index (Phi) is 3.08. The van der Waals surface area contributed by atoms with Crippen LogP contribution < -0.4 is 5.32 Å². The second kappa shape index (κ2) is 4.59. The Hall–Kier alpha value is -1.00. The van der Waals surface area contributed by atoms with E-state index in [1.807, 2.05) is 6.07 Å². The number of benzene rings is 1. The zero-order valence-corrected chi connectivity index (χ0v) is 11.1. The molecule has 1 N–H and O–H groups in total. The van der Waals surface area contributed by atoms with Crippen LogP contribution in [0, 0.1) is 0 Å². The highest BCUT2D eigenvalue weighted by atomic mass is 32.1. The average molecular weight is 263 g/mol. The first-order valence-electron chi connectivity index (χ1n) is 6.35. The Balaban J connectivity index is 1.92. The minimum atomic E-state index is 0.118. The minimum Gasteiger partial charge on any atom is -0.379 e. The van der Waals surface area contributed by atoms with Gasteiger partial charge in [0.25, 0.3) is 0 Å². The fourth-order valence-corrected chi connectivity index (χ4v) is 3.16. The third kappa shape index (κ3) is 1.93. The second-order valence-electron chi connectivity index (χ2n) is 5.17. The standard InChI is InChI=1S/C14H17NO2S/c16-13-4-1-10-7-11(2-3-12(10)15-13)14(5-6-18)8-17-9-14/h2-3,7,18H,1,4-6,8-9H2,(H,15,16). The summed E-state index contributed by atoms with van der Waals surface area (Å²) < 4.78 is 5.40. The number of hydrogen-bond acceptors (Lipinski definition) is 3. The second-order valence-corrected chi connectivity index (χ2v) is 5.61. The number of carbonyl (C=O) groups excluding carboxylic acids is 1. The highest BCUT2D eigenvalue weighted by Crippen LogP contribution is 2.38. The number of ether oxygens (including phenoxy) is 1. The van der Waals surface area contributed by atoms with Gasteiger partial charge in [-0.25, -0.2) is 0 Å². The van der Waals surface area contributed by atoms with Crippen LogP contribution in [0.15, 0.2) is 18.2 Å². The van der Waals surface area contributed by atoms with Crippen molar-refractivity contribution in [2.75, 3.05) is 24.3 Å². The van der Waals surface area contributed by atoms with Crippen molar-refractivity contribution < 1.29 is 9.53 Å². The first-order valence-corrected chi connectivity index (χ1v) is 6.99. The lowest BCUT2D eigenvalue weighted by atomic mass is 9.75. The Morgan fingerprint density at radius 2 is 2.17 bits per heavy atom. The molecule has 0 aromatic heterocycles. The van der Waals surface area contributed by atoms with E-state index in [-0.39, 0.29) is 11.3 Å². The first kappa shape index (κ1) is 12.1. The molecule has 18 heavy (non-hydrogen) atoms. The van der Waals surface area contributed by atoms with Gasteiger partial charge in [0.15, 0.2) is 0 Å². The SMILES string of the molecule is O=C1CCc2cc(C3(CCS)COC3)ccc2N1. The molecule has 3 rings (SSSR count). The van der Waals surface area contributed by atoms with Crippen molar-refractivity contribution >= 4 is 24.2 Å². The third-order valence-electron chi connectivity index (χ3n) is 3.96. The summed E-state index contributed by atoms with van der Waals surface area (Å²) in [6.07, 6.45) is 2.47. The molecule has 3 nitrogen and oxygen atoms in total. The average Bonchev–Trinajstić information content (AvgIpc) is 2.33. The van der Waals surface area contributed by atoms with Gasteiger partial charge in [-0.05, 0) is 35.8 Å². The number of aryl methyl sites for hydroxylation is 1. The van der Waals surface area contributed by atoms with E-state index >= 15 is 0 Å².